The van der Waals surface area contributed by atoms with Gasteiger partial charge in [0.15, 0.2) is 0 Å². The molecule has 8 heteroatoms. The Balaban J connectivity index is 2.10. The van der Waals surface area contributed by atoms with Crippen molar-refractivity contribution in [2.45, 2.75) is 31.1 Å². The van der Waals surface area contributed by atoms with Gasteiger partial charge in [-0.1, -0.05) is 6.92 Å². The van der Waals surface area contributed by atoms with Gasteiger partial charge < -0.3 is 5.32 Å². The van der Waals surface area contributed by atoms with Crippen molar-refractivity contribution in [1.29, 1.82) is 0 Å². The number of likely N-dealkylation sites (N-methyl/N-ethyl adjacent to an activating group) is 1. The van der Waals surface area contributed by atoms with E-state index >= 15 is 0 Å². The molecule has 2 rings (SSSR count). The second-order valence-corrected chi connectivity index (χ2v) is 9.38. The number of nitrogens with zero attached hydrogens (tertiary/aromatic N) is 1. The van der Waals surface area contributed by atoms with Gasteiger partial charge in [-0.15, -0.1) is 0 Å². The molecule has 0 radical (unpaired) electrons. The summed E-state index contributed by atoms with van der Waals surface area (Å²) in [5, 5.41) is 2.54. The second-order valence-electron chi connectivity index (χ2n) is 4.91. The van der Waals surface area contributed by atoms with Gasteiger partial charge in [-0.25, -0.2) is 16.8 Å². The van der Waals surface area contributed by atoms with Crippen LogP contribution in [0.25, 0.3) is 0 Å². The fourth-order valence-electron chi connectivity index (χ4n) is 2.48. The Bertz CT molecular complexity index is 482. The van der Waals surface area contributed by atoms with E-state index in [0.717, 1.165) is 0 Å². The van der Waals surface area contributed by atoms with Crippen molar-refractivity contribution < 1.29 is 16.8 Å². The van der Waals surface area contributed by atoms with E-state index in [1.165, 1.54) is 4.31 Å². The highest BCUT2D eigenvalue weighted by atomic mass is 32.2. The lowest BCUT2D eigenvalue weighted by Gasteiger charge is -2.39. The van der Waals surface area contributed by atoms with E-state index in [0.29, 0.717) is 19.6 Å². The Kier molecular flexibility index (Phi) is 4.01. The summed E-state index contributed by atoms with van der Waals surface area (Å²) in [5.41, 5.74) is 0. The number of sulfone groups is 1. The standard InChI is InChI=1S/C10H20N2O4S2/c1-2-12(9-7-11-8-9)18(15,16)10-3-5-17(13,14)6-4-10/h9-11H,2-8H2,1H3. The summed E-state index contributed by atoms with van der Waals surface area (Å²) in [7, 11) is -6.37. The van der Waals surface area contributed by atoms with E-state index < -0.39 is 25.1 Å². The molecule has 2 saturated heterocycles. The topological polar surface area (TPSA) is 83.6 Å². The monoisotopic (exact) mass is 296 g/mol. The molecule has 0 aromatic rings. The summed E-state index contributed by atoms with van der Waals surface area (Å²) in [6.07, 6.45) is 0.475. The number of hydrogen-bond acceptors (Lipinski definition) is 5. The largest absolute Gasteiger partial charge is 0.313 e. The van der Waals surface area contributed by atoms with Crippen LogP contribution in [0.4, 0.5) is 0 Å². The fourth-order valence-corrected chi connectivity index (χ4v) is 6.41. The zero-order valence-corrected chi connectivity index (χ0v) is 12.1. The van der Waals surface area contributed by atoms with Crippen LogP contribution in [-0.4, -0.2) is 63.6 Å². The first-order chi connectivity index (χ1) is 8.37. The van der Waals surface area contributed by atoms with E-state index in [-0.39, 0.29) is 30.4 Å². The van der Waals surface area contributed by atoms with Gasteiger partial charge in [0, 0.05) is 25.7 Å². The third-order valence-electron chi connectivity index (χ3n) is 3.73. The predicted octanol–water partition coefficient (Wildman–Crippen LogP) is -0.813. The fraction of sp³-hybridized carbons (Fsp3) is 1.00. The molecule has 0 unspecified atom stereocenters. The normalized spacial score (nSPS) is 26.1. The Morgan fingerprint density at radius 3 is 2.17 bits per heavy atom. The predicted molar refractivity (Wildman–Crippen MR) is 69.6 cm³/mol. The number of sulfonamides is 1. The van der Waals surface area contributed by atoms with Gasteiger partial charge >= 0.3 is 0 Å². The Hall–Kier alpha value is -0.180. The SMILES string of the molecule is CCN(C1CNC1)S(=O)(=O)C1CCS(=O)(=O)CC1. The molecule has 2 aliphatic heterocycles. The molecule has 2 fully saturated rings. The maximum Gasteiger partial charge on any atom is 0.217 e. The maximum atomic E-state index is 12.5. The van der Waals surface area contributed by atoms with Gasteiger partial charge in [0.05, 0.1) is 16.8 Å². The third-order valence-corrected chi connectivity index (χ3v) is 7.97. The highest BCUT2D eigenvalue weighted by molar-refractivity contribution is 7.92. The van der Waals surface area contributed by atoms with E-state index in [4.69, 9.17) is 0 Å². The van der Waals surface area contributed by atoms with Crippen LogP contribution in [0.5, 0.6) is 0 Å². The Morgan fingerprint density at radius 2 is 1.78 bits per heavy atom. The zero-order chi connectivity index (χ0) is 13.4. The third kappa shape index (κ3) is 2.71. The molecule has 0 saturated carbocycles. The lowest BCUT2D eigenvalue weighted by atomic mass is 10.2. The molecule has 106 valence electrons. The minimum atomic E-state index is -3.36. The molecule has 1 N–H and O–H groups in total. The van der Waals surface area contributed by atoms with Crippen LogP contribution in [-0.2, 0) is 19.9 Å². The van der Waals surface area contributed by atoms with Crippen LogP contribution in [0.2, 0.25) is 0 Å². The van der Waals surface area contributed by atoms with Gasteiger partial charge in [-0.05, 0) is 12.8 Å². The van der Waals surface area contributed by atoms with Crippen molar-refractivity contribution in [2.75, 3.05) is 31.1 Å². The van der Waals surface area contributed by atoms with Crippen LogP contribution in [0.15, 0.2) is 0 Å². The lowest BCUT2D eigenvalue weighted by Crippen LogP contribution is -2.60. The van der Waals surface area contributed by atoms with Gasteiger partial charge in [-0.3, -0.25) is 0 Å². The van der Waals surface area contributed by atoms with Gasteiger partial charge in [0.2, 0.25) is 10.0 Å². The first kappa shape index (κ1) is 14.2. The molecule has 0 aromatic heterocycles. The highest BCUT2D eigenvalue weighted by Gasteiger charge is 2.40. The zero-order valence-electron chi connectivity index (χ0n) is 10.5. The van der Waals surface area contributed by atoms with Gasteiger partial charge in [0.1, 0.15) is 9.84 Å². The van der Waals surface area contributed by atoms with E-state index in [1.54, 1.807) is 0 Å². The quantitative estimate of drug-likeness (QED) is 0.733. The van der Waals surface area contributed by atoms with Crippen molar-refractivity contribution in [3.05, 3.63) is 0 Å². The van der Waals surface area contributed by atoms with Crippen LogP contribution in [0, 0.1) is 0 Å². The summed E-state index contributed by atoms with van der Waals surface area (Å²) < 4.78 is 49.2. The first-order valence-corrected chi connectivity index (χ1v) is 9.61. The average Bonchev–Trinajstić information content (AvgIpc) is 2.22. The van der Waals surface area contributed by atoms with Crippen molar-refractivity contribution in [2.24, 2.45) is 0 Å². The molecule has 18 heavy (non-hydrogen) atoms. The number of hydrogen-bond donors (Lipinski definition) is 1. The summed E-state index contributed by atoms with van der Waals surface area (Å²) in [4.78, 5) is 0. The minimum absolute atomic E-state index is 0.00261. The number of rotatable bonds is 4. The van der Waals surface area contributed by atoms with E-state index in [2.05, 4.69) is 5.32 Å². The Labute approximate surface area is 109 Å². The number of nitrogens with one attached hydrogen (secondary N) is 1. The molecule has 0 amide bonds. The first-order valence-electron chi connectivity index (χ1n) is 6.28. The molecule has 0 atom stereocenters. The van der Waals surface area contributed by atoms with Crippen LogP contribution < -0.4 is 5.32 Å². The highest BCUT2D eigenvalue weighted by Crippen LogP contribution is 2.24. The summed E-state index contributed by atoms with van der Waals surface area (Å²) in [6, 6.07) is 0.0403. The van der Waals surface area contributed by atoms with E-state index in [1.807, 2.05) is 6.92 Å². The van der Waals surface area contributed by atoms with Crippen LogP contribution in [0.3, 0.4) is 0 Å². The molecule has 0 bridgehead atoms. The second kappa shape index (κ2) is 5.07. The maximum absolute atomic E-state index is 12.5. The molecule has 2 heterocycles. The van der Waals surface area contributed by atoms with Gasteiger partial charge in [-0.2, -0.15) is 4.31 Å². The lowest BCUT2D eigenvalue weighted by molar-refractivity contribution is 0.246. The molecule has 6 nitrogen and oxygen atoms in total. The minimum Gasteiger partial charge on any atom is -0.313 e. The smallest absolute Gasteiger partial charge is 0.217 e. The Morgan fingerprint density at radius 1 is 1.22 bits per heavy atom. The van der Waals surface area contributed by atoms with Gasteiger partial charge in [0.25, 0.3) is 0 Å². The summed E-state index contributed by atoms with van der Waals surface area (Å²) in [6.45, 7) is 3.67. The van der Waals surface area contributed by atoms with Crippen molar-refractivity contribution in [1.82, 2.24) is 9.62 Å². The van der Waals surface area contributed by atoms with Crippen molar-refractivity contribution in [3.63, 3.8) is 0 Å². The molecule has 0 aromatic carbocycles. The summed E-state index contributed by atoms with van der Waals surface area (Å²) >= 11 is 0. The molecule has 2 aliphatic rings. The molecular formula is C10H20N2O4S2. The van der Waals surface area contributed by atoms with Crippen LogP contribution in [0.1, 0.15) is 19.8 Å². The van der Waals surface area contributed by atoms with Crippen molar-refractivity contribution in [3.8, 4) is 0 Å². The average molecular weight is 296 g/mol. The summed E-state index contributed by atoms with van der Waals surface area (Å²) in [5.74, 6) is -0.00522. The molecular weight excluding hydrogens is 276 g/mol. The van der Waals surface area contributed by atoms with Crippen LogP contribution >= 0.6 is 0 Å². The van der Waals surface area contributed by atoms with E-state index in [9.17, 15) is 16.8 Å². The molecule has 0 aliphatic carbocycles. The van der Waals surface area contributed by atoms with Crippen molar-refractivity contribution >= 4 is 19.9 Å². The molecule has 0 spiro atoms.